The van der Waals surface area contributed by atoms with Crippen LogP contribution in [-0.4, -0.2) is 50.5 Å². The van der Waals surface area contributed by atoms with Crippen molar-refractivity contribution in [3.63, 3.8) is 0 Å². The maximum atomic E-state index is 13.1. The van der Waals surface area contributed by atoms with Crippen LogP contribution in [0.1, 0.15) is 71.3 Å². The van der Waals surface area contributed by atoms with Gasteiger partial charge in [0, 0.05) is 23.3 Å². The van der Waals surface area contributed by atoms with Crippen molar-refractivity contribution in [1.29, 1.82) is 0 Å². The molecular formula is C30H38O6. The third-order valence-corrected chi connectivity index (χ3v) is 10.4. The van der Waals surface area contributed by atoms with Crippen molar-refractivity contribution in [2.75, 3.05) is 0 Å². The molecule has 5 rings (SSSR count). The molecular weight excluding hydrogens is 456 g/mol. The molecule has 0 bridgehead atoms. The van der Waals surface area contributed by atoms with Crippen molar-refractivity contribution in [1.82, 2.24) is 0 Å². The fraction of sp³-hybridized carbons (Fsp3) is 0.600. The van der Waals surface area contributed by atoms with Gasteiger partial charge in [-0.1, -0.05) is 55.8 Å². The second-order valence-electron chi connectivity index (χ2n) is 12.0. The third kappa shape index (κ3) is 3.48. The van der Waals surface area contributed by atoms with E-state index >= 15 is 0 Å². The number of ketones is 1. The number of ether oxygens (including phenoxy) is 1. The van der Waals surface area contributed by atoms with Crippen LogP contribution in [-0.2, 0) is 14.3 Å². The van der Waals surface area contributed by atoms with E-state index in [2.05, 4.69) is 6.92 Å². The number of fused-ring (bicyclic) bond motifs is 5. The zero-order valence-corrected chi connectivity index (χ0v) is 21.4. The standard InChI is InChI=1S/C30H38O6/c1-19(31)23-13-16-30(35)28(23,3)25(36-26(33)10-9-20-7-5-4-6-8-20)18-24-27(2)14-12-22(32)17-21(27)11-15-29(24,30)34/h4-11,22-25,32,34-35H,12-18H2,1-3H3/b10-9+/t22-,23+,24+,25+,27-,28-,29-,30+/m0/s1. The molecule has 8 atom stereocenters. The number of Topliss-reactive ketones (excluding diaryl/α,β-unsaturated/α-hetero) is 1. The molecule has 6 nitrogen and oxygen atoms in total. The van der Waals surface area contributed by atoms with Gasteiger partial charge in [-0.15, -0.1) is 0 Å². The van der Waals surface area contributed by atoms with E-state index in [4.69, 9.17) is 4.74 Å². The zero-order valence-electron chi connectivity index (χ0n) is 21.4. The number of hydrogen-bond acceptors (Lipinski definition) is 6. The van der Waals surface area contributed by atoms with Crippen molar-refractivity contribution in [2.45, 2.75) is 89.1 Å². The number of aliphatic hydroxyl groups is 3. The summed E-state index contributed by atoms with van der Waals surface area (Å²) in [7, 11) is 0. The summed E-state index contributed by atoms with van der Waals surface area (Å²) in [4.78, 5) is 25.9. The number of rotatable bonds is 4. The molecule has 0 saturated heterocycles. The van der Waals surface area contributed by atoms with Gasteiger partial charge < -0.3 is 20.1 Å². The molecule has 1 aromatic carbocycles. The molecule has 4 aliphatic carbocycles. The van der Waals surface area contributed by atoms with Crippen LogP contribution in [0.15, 0.2) is 48.1 Å². The van der Waals surface area contributed by atoms with Crippen molar-refractivity contribution < 1.29 is 29.6 Å². The number of hydrogen-bond donors (Lipinski definition) is 3. The molecule has 194 valence electrons. The van der Waals surface area contributed by atoms with Crippen LogP contribution in [0, 0.1) is 22.7 Å². The lowest BCUT2D eigenvalue weighted by Gasteiger charge is -2.66. The molecule has 0 heterocycles. The van der Waals surface area contributed by atoms with E-state index in [0.29, 0.717) is 32.1 Å². The molecule has 36 heavy (non-hydrogen) atoms. The molecule has 6 heteroatoms. The highest BCUT2D eigenvalue weighted by molar-refractivity contribution is 5.87. The Bertz CT molecular complexity index is 1110. The number of carbonyl (C=O) groups is 2. The van der Waals surface area contributed by atoms with Crippen LogP contribution in [0.5, 0.6) is 0 Å². The Labute approximate surface area is 213 Å². The fourth-order valence-corrected chi connectivity index (χ4v) is 8.34. The predicted octanol–water partition coefficient (Wildman–Crippen LogP) is 3.98. The number of esters is 1. The molecule has 0 aliphatic heterocycles. The topological polar surface area (TPSA) is 104 Å². The molecule has 0 amide bonds. The lowest BCUT2D eigenvalue weighted by molar-refractivity contribution is -0.299. The summed E-state index contributed by atoms with van der Waals surface area (Å²) in [5.74, 6) is -1.47. The molecule has 0 radical (unpaired) electrons. The molecule has 0 unspecified atom stereocenters. The summed E-state index contributed by atoms with van der Waals surface area (Å²) >= 11 is 0. The second kappa shape index (κ2) is 8.64. The van der Waals surface area contributed by atoms with Gasteiger partial charge in [0.1, 0.15) is 23.1 Å². The highest BCUT2D eigenvalue weighted by Gasteiger charge is 2.77. The summed E-state index contributed by atoms with van der Waals surface area (Å²) < 4.78 is 6.10. The first kappa shape index (κ1) is 25.4. The SMILES string of the molecule is CC(=O)[C@H]1CC[C@@]2(O)[C@]1(C)[C@H](OC(=O)/C=C/c1ccccc1)C[C@@H]1[C@@]3(C)CC[C@H](O)CC3=CC[C@]12O. The van der Waals surface area contributed by atoms with E-state index in [1.807, 2.05) is 43.3 Å². The maximum absolute atomic E-state index is 13.1. The van der Waals surface area contributed by atoms with Gasteiger partial charge in [0.25, 0.3) is 0 Å². The summed E-state index contributed by atoms with van der Waals surface area (Å²) in [6.45, 7) is 5.46. The third-order valence-electron chi connectivity index (χ3n) is 10.4. The second-order valence-corrected chi connectivity index (χ2v) is 12.0. The van der Waals surface area contributed by atoms with Crippen LogP contribution in [0.25, 0.3) is 6.08 Å². The van der Waals surface area contributed by atoms with Crippen LogP contribution < -0.4 is 0 Å². The Balaban J connectivity index is 1.54. The average molecular weight is 495 g/mol. The fourth-order valence-electron chi connectivity index (χ4n) is 8.34. The lowest BCUT2D eigenvalue weighted by atomic mass is 9.43. The average Bonchev–Trinajstić information content (AvgIpc) is 3.14. The van der Waals surface area contributed by atoms with Crippen LogP contribution in [0.3, 0.4) is 0 Å². The van der Waals surface area contributed by atoms with Crippen LogP contribution >= 0.6 is 0 Å². The molecule has 0 aromatic heterocycles. The van der Waals surface area contributed by atoms with E-state index in [-0.39, 0.29) is 24.5 Å². The minimum Gasteiger partial charge on any atom is -0.458 e. The lowest BCUT2D eigenvalue weighted by Crippen LogP contribution is -2.75. The van der Waals surface area contributed by atoms with Crippen LogP contribution in [0.2, 0.25) is 0 Å². The van der Waals surface area contributed by atoms with E-state index < -0.39 is 46.1 Å². The Morgan fingerprint density at radius 1 is 1.08 bits per heavy atom. The highest BCUT2D eigenvalue weighted by Crippen LogP contribution is 2.70. The van der Waals surface area contributed by atoms with Crippen LogP contribution in [0.4, 0.5) is 0 Å². The highest BCUT2D eigenvalue weighted by atomic mass is 16.5. The van der Waals surface area contributed by atoms with Gasteiger partial charge in [0.15, 0.2) is 0 Å². The van der Waals surface area contributed by atoms with E-state index in [1.165, 1.54) is 13.0 Å². The van der Waals surface area contributed by atoms with E-state index in [9.17, 15) is 24.9 Å². The van der Waals surface area contributed by atoms with Gasteiger partial charge in [-0.25, -0.2) is 4.79 Å². The van der Waals surface area contributed by atoms with Gasteiger partial charge in [0.2, 0.25) is 0 Å². The Morgan fingerprint density at radius 2 is 1.81 bits per heavy atom. The molecule has 3 N–H and O–H groups in total. The Kier molecular flexibility index (Phi) is 6.09. The monoisotopic (exact) mass is 494 g/mol. The summed E-state index contributed by atoms with van der Waals surface area (Å²) in [5, 5.41) is 35.1. The van der Waals surface area contributed by atoms with Crippen molar-refractivity contribution >= 4 is 17.8 Å². The first-order valence-corrected chi connectivity index (χ1v) is 13.2. The summed E-state index contributed by atoms with van der Waals surface area (Å²) in [5.41, 5.74) is -2.60. The summed E-state index contributed by atoms with van der Waals surface area (Å²) in [6.07, 6.45) is 7.15. The minimum atomic E-state index is -1.59. The number of aliphatic hydroxyl groups excluding tert-OH is 1. The van der Waals surface area contributed by atoms with E-state index in [0.717, 1.165) is 11.1 Å². The van der Waals surface area contributed by atoms with Crippen molar-refractivity contribution in [3.05, 3.63) is 53.6 Å². The first-order valence-electron chi connectivity index (χ1n) is 13.2. The smallest absolute Gasteiger partial charge is 0.331 e. The largest absolute Gasteiger partial charge is 0.458 e. The van der Waals surface area contributed by atoms with Gasteiger partial charge in [-0.05, 0) is 68.9 Å². The minimum absolute atomic E-state index is 0.0598. The Hall–Kier alpha value is -2.28. The van der Waals surface area contributed by atoms with Crippen molar-refractivity contribution in [2.24, 2.45) is 22.7 Å². The van der Waals surface area contributed by atoms with Gasteiger partial charge >= 0.3 is 5.97 Å². The predicted molar refractivity (Wildman–Crippen MR) is 136 cm³/mol. The normalized spacial score (nSPS) is 43.8. The van der Waals surface area contributed by atoms with Gasteiger partial charge in [-0.3, -0.25) is 4.79 Å². The number of carbonyl (C=O) groups excluding carboxylic acids is 2. The quantitative estimate of drug-likeness (QED) is 0.332. The van der Waals surface area contributed by atoms with Gasteiger partial charge in [-0.2, -0.15) is 0 Å². The molecule has 3 fully saturated rings. The van der Waals surface area contributed by atoms with Gasteiger partial charge in [0.05, 0.1) is 6.10 Å². The molecule has 0 spiro atoms. The molecule has 3 saturated carbocycles. The van der Waals surface area contributed by atoms with Crippen molar-refractivity contribution in [3.8, 4) is 0 Å². The van der Waals surface area contributed by atoms with E-state index in [1.54, 1.807) is 6.08 Å². The summed E-state index contributed by atoms with van der Waals surface area (Å²) in [6, 6.07) is 9.46. The zero-order chi connectivity index (χ0) is 25.9. The Morgan fingerprint density at radius 3 is 2.50 bits per heavy atom. The molecule has 4 aliphatic rings. The molecule has 1 aromatic rings. The number of benzene rings is 1. The first-order chi connectivity index (χ1) is 17.0. The maximum Gasteiger partial charge on any atom is 0.331 e.